The first kappa shape index (κ1) is 11.0. The molecule has 0 bridgehead atoms. The molecule has 1 saturated heterocycles. The summed E-state index contributed by atoms with van der Waals surface area (Å²) >= 11 is 0. The molecule has 1 N–H and O–H groups in total. The number of ether oxygens (including phenoxy) is 1. The van der Waals surface area contributed by atoms with Crippen molar-refractivity contribution in [1.82, 2.24) is 5.32 Å². The van der Waals surface area contributed by atoms with Gasteiger partial charge >= 0.3 is 0 Å². The Hall–Kier alpha value is -0.0800. The zero-order chi connectivity index (χ0) is 9.52. The highest BCUT2D eigenvalue weighted by Crippen LogP contribution is 2.09. The van der Waals surface area contributed by atoms with Gasteiger partial charge in [0, 0.05) is 25.3 Å². The summed E-state index contributed by atoms with van der Waals surface area (Å²) in [5, 5.41) is 3.67. The van der Waals surface area contributed by atoms with Gasteiger partial charge in [0.2, 0.25) is 0 Å². The Morgan fingerprint density at radius 3 is 2.69 bits per heavy atom. The summed E-state index contributed by atoms with van der Waals surface area (Å²) in [6.45, 7) is 6.43. The molecule has 0 radical (unpaired) electrons. The third-order valence-corrected chi connectivity index (χ3v) is 2.73. The molecule has 0 aromatic carbocycles. The monoisotopic (exact) mass is 185 g/mol. The molecule has 1 unspecified atom stereocenters. The van der Waals surface area contributed by atoms with Gasteiger partial charge in [-0.1, -0.05) is 19.8 Å². The summed E-state index contributed by atoms with van der Waals surface area (Å²) in [7, 11) is 0. The van der Waals surface area contributed by atoms with Crippen molar-refractivity contribution in [2.75, 3.05) is 13.2 Å². The largest absolute Gasteiger partial charge is 0.381 e. The fourth-order valence-electron chi connectivity index (χ4n) is 1.86. The Kier molecular flexibility index (Phi) is 5.40. The molecule has 0 aromatic rings. The van der Waals surface area contributed by atoms with E-state index in [1.54, 1.807) is 0 Å². The van der Waals surface area contributed by atoms with E-state index >= 15 is 0 Å². The Bertz CT molecular complexity index is 121. The highest BCUT2D eigenvalue weighted by atomic mass is 16.5. The van der Waals surface area contributed by atoms with Crippen molar-refractivity contribution in [3.8, 4) is 0 Å². The first-order valence-electron chi connectivity index (χ1n) is 5.66. The summed E-state index contributed by atoms with van der Waals surface area (Å²) in [6.07, 6.45) is 6.35. The zero-order valence-corrected chi connectivity index (χ0v) is 9.01. The number of nitrogens with one attached hydrogen (secondary N) is 1. The van der Waals surface area contributed by atoms with Crippen molar-refractivity contribution in [3.63, 3.8) is 0 Å². The standard InChI is InChI=1S/C11H23NO/c1-3-4-5-10(2)12-11-6-8-13-9-7-11/h10-12H,3-9H2,1-2H3. The molecule has 0 saturated carbocycles. The lowest BCUT2D eigenvalue weighted by atomic mass is 10.1. The molecule has 2 nitrogen and oxygen atoms in total. The minimum Gasteiger partial charge on any atom is -0.381 e. The summed E-state index contributed by atoms with van der Waals surface area (Å²) in [6, 6.07) is 1.39. The summed E-state index contributed by atoms with van der Waals surface area (Å²) < 4.78 is 5.32. The summed E-state index contributed by atoms with van der Waals surface area (Å²) in [5.74, 6) is 0. The fraction of sp³-hybridized carbons (Fsp3) is 1.00. The molecule has 13 heavy (non-hydrogen) atoms. The SMILES string of the molecule is CCCCC(C)NC1CCOCC1. The van der Waals surface area contributed by atoms with Gasteiger partial charge in [0.1, 0.15) is 0 Å². The van der Waals surface area contributed by atoms with Crippen molar-refractivity contribution >= 4 is 0 Å². The van der Waals surface area contributed by atoms with Gasteiger partial charge < -0.3 is 10.1 Å². The maximum Gasteiger partial charge on any atom is 0.0480 e. The van der Waals surface area contributed by atoms with E-state index in [-0.39, 0.29) is 0 Å². The molecule has 0 amide bonds. The lowest BCUT2D eigenvalue weighted by Gasteiger charge is -2.26. The zero-order valence-electron chi connectivity index (χ0n) is 9.01. The van der Waals surface area contributed by atoms with Gasteiger partial charge in [-0.3, -0.25) is 0 Å². The topological polar surface area (TPSA) is 21.3 Å². The van der Waals surface area contributed by atoms with E-state index in [1.165, 1.54) is 32.1 Å². The first-order valence-corrected chi connectivity index (χ1v) is 5.66. The molecular formula is C11H23NO. The quantitative estimate of drug-likeness (QED) is 0.710. The molecule has 1 aliphatic rings. The molecule has 1 atom stereocenters. The van der Waals surface area contributed by atoms with Gasteiger partial charge in [0.15, 0.2) is 0 Å². The predicted octanol–water partition coefficient (Wildman–Crippen LogP) is 2.33. The molecule has 78 valence electrons. The smallest absolute Gasteiger partial charge is 0.0480 e. The van der Waals surface area contributed by atoms with Crippen molar-refractivity contribution in [3.05, 3.63) is 0 Å². The molecule has 2 heteroatoms. The van der Waals surface area contributed by atoms with Crippen molar-refractivity contribution < 1.29 is 4.74 Å². The van der Waals surface area contributed by atoms with Crippen molar-refractivity contribution in [2.45, 2.75) is 58.0 Å². The maximum absolute atomic E-state index is 5.32. The normalized spacial score (nSPS) is 21.7. The second-order valence-corrected chi connectivity index (χ2v) is 4.10. The van der Waals surface area contributed by atoms with Crippen LogP contribution in [0, 0.1) is 0 Å². The molecular weight excluding hydrogens is 162 g/mol. The number of hydrogen-bond acceptors (Lipinski definition) is 2. The Morgan fingerprint density at radius 1 is 1.38 bits per heavy atom. The second kappa shape index (κ2) is 6.39. The first-order chi connectivity index (χ1) is 6.33. The molecule has 1 aliphatic heterocycles. The van der Waals surface area contributed by atoms with Crippen LogP contribution in [0.4, 0.5) is 0 Å². The van der Waals surface area contributed by atoms with Gasteiger partial charge in [-0.25, -0.2) is 0 Å². The van der Waals surface area contributed by atoms with Crippen LogP contribution in [0.3, 0.4) is 0 Å². The van der Waals surface area contributed by atoms with Crippen molar-refractivity contribution in [2.24, 2.45) is 0 Å². The molecule has 0 spiro atoms. The van der Waals surface area contributed by atoms with Gasteiger partial charge in [-0.05, 0) is 26.2 Å². The lowest BCUT2D eigenvalue weighted by molar-refractivity contribution is 0.0751. The minimum absolute atomic E-state index is 0.683. The number of hydrogen-bond donors (Lipinski definition) is 1. The second-order valence-electron chi connectivity index (χ2n) is 4.10. The van der Waals surface area contributed by atoms with Crippen LogP contribution in [0.5, 0.6) is 0 Å². The van der Waals surface area contributed by atoms with Crippen LogP contribution in [0.1, 0.15) is 46.0 Å². The van der Waals surface area contributed by atoms with Gasteiger partial charge in [-0.15, -0.1) is 0 Å². The predicted molar refractivity (Wildman–Crippen MR) is 56.0 cm³/mol. The average molecular weight is 185 g/mol. The van der Waals surface area contributed by atoms with Gasteiger partial charge in [0.25, 0.3) is 0 Å². The van der Waals surface area contributed by atoms with E-state index in [1.807, 2.05) is 0 Å². The minimum atomic E-state index is 0.683. The summed E-state index contributed by atoms with van der Waals surface area (Å²) in [5.41, 5.74) is 0. The van der Waals surface area contributed by atoms with Crippen LogP contribution in [0.15, 0.2) is 0 Å². The van der Waals surface area contributed by atoms with Crippen LogP contribution < -0.4 is 5.32 Å². The summed E-state index contributed by atoms with van der Waals surface area (Å²) in [4.78, 5) is 0. The van der Waals surface area contributed by atoms with Crippen molar-refractivity contribution in [1.29, 1.82) is 0 Å². The maximum atomic E-state index is 5.32. The van der Waals surface area contributed by atoms with Crippen LogP contribution in [0.2, 0.25) is 0 Å². The molecule has 0 aliphatic carbocycles. The van der Waals surface area contributed by atoms with E-state index in [0.29, 0.717) is 12.1 Å². The fourth-order valence-corrected chi connectivity index (χ4v) is 1.86. The highest BCUT2D eigenvalue weighted by Gasteiger charge is 2.14. The molecule has 1 heterocycles. The van der Waals surface area contributed by atoms with E-state index in [4.69, 9.17) is 4.74 Å². The molecule has 0 aromatic heterocycles. The number of rotatable bonds is 5. The Morgan fingerprint density at radius 2 is 2.08 bits per heavy atom. The van der Waals surface area contributed by atoms with Crippen LogP contribution >= 0.6 is 0 Å². The lowest BCUT2D eigenvalue weighted by Crippen LogP contribution is -2.40. The third-order valence-electron chi connectivity index (χ3n) is 2.73. The van der Waals surface area contributed by atoms with Gasteiger partial charge in [-0.2, -0.15) is 0 Å². The Labute approximate surface area is 82.0 Å². The highest BCUT2D eigenvalue weighted by molar-refractivity contribution is 4.73. The van der Waals surface area contributed by atoms with E-state index in [9.17, 15) is 0 Å². The molecule has 1 rings (SSSR count). The van der Waals surface area contributed by atoms with E-state index in [0.717, 1.165) is 13.2 Å². The number of unbranched alkanes of at least 4 members (excludes halogenated alkanes) is 1. The van der Waals surface area contributed by atoms with Crippen LogP contribution in [0.25, 0.3) is 0 Å². The Balaban J connectivity index is 2.07. The third kappa shape index (κ3) is 4.63. The van der Waals surface area contributed by atoms with E-state index in [2.05, 4.69) is 19.2 Å². The van der Waals surface area contributed by atoms with Crippen LogP contribution in [-0.4, -0.2) is 25.3 Å². The van der Waals surface area contributed by atoms with Crippen LogP contribution in [-0.2, 0) is 4.74 Å². The van der Waals surface area contributed by atoms with Gasteiger partial charge in [0.05, 0.1) is 0 Å². The average Bonchev–Trinajstić information content (AvgIpc) is 2.16. The molecule has 1 fully saturated rings. The van der Waals surface area contributed by atoms with E-state index < -0.39 is 0 Å².